The molecular weight excluding hydrogens is 170 g/mol. The van der Waals surface area contributed by atoms with E-state index in [9.17, 15) is 0 Å². The van der Waals surface area contributed by atoms with Crippen LogP contribution in [-0.2, 0) is 4.74 Å². The van der Waals surface area contributed by atoms with E-state index in [2.05, 4.69) is 12.4 Å². The summed E-state index contributed by atoms with van der Waals surface area (Å²) >= 11 is 2.04. The third-order valence-electron chi connectivity index (χ3n) is 2.97. The summed E-state index contributed by atoms with van der Waals surface area (Å²) in [4.78, 5) is 0. The van der Waals surface area contributed by atoms with Gasteiger partial charge in [0.15, 0.2) is 0 Å². The van der Waals surface area contributed by atoms with Gasteiger partial charge in [-0.25, -0.2) is 0 Å². The van der Waals surface area contributed by atoms with Crippen LogP contribution in [0.5, 0.6) is 0 Å². The van der Waals surface area contributed by atoms with E-state index in [1.165, 1.54) is 30.8 Å². The fourth-order valence-corrected chi connectivity index (χ4v) is 3.52. The maximum absolute atomic E-state index is 5.90. The molecule has 2 rings (SSSR count). The molecule has 12 heavy (non-hydrogen) atoms. The van der Waals surface area contributed by atoms with Gasteiger partial charge in [0.1, 0.15) is 0 Å². The molecular formula is C9H17NOS. The third kappa shape index (κ3) is 1.63. The second-order valence-corrected chi connectivity index (χ2v) is 4.92. The van der Waals surface area contributed by atoms with Crippen molar-refractivity contribution in [2.75, 3.05) is 25.2 Å². The van der Waals surface area contributed by atoms with Crippen LogP contribution in [0.25, 0.3) is 0 Å². The van der Waals surface area contributed by atoms with E-state index in [1.54, 1.807) is 0 Å². The van der Waals surface area contributed by atoms with Crippen LogP contribution in [-0.4, -0.2) is 36.8 Å². The first-order valence-electron chi connectivity index (χ1n) is 4.74. The van der Waals surface area contributed by atoms with Crippen molar-refractivity contribution in [2.24, 2.45) is 0 Å². The predicted octanol–water partition coefficient (Wildman–Crippen LogP) is 1.26. The van der Waals surface area contributed by atoms with Gasteiger partial charge >= 0.3 is 0 Å². The molecule has 0 aromatic heterocycles. The van der Waals surface area contributed by atoms with Gasteiger partial charge in [-0.1, -0.05) is 0 Å². The van der Waals surface area contributed by atoms with Gasteiger partial charge in [0.25, 0.3) is 0 Å². The Bertz CT molecular complexity index is 157. The van der Waals surface area contributed by atoms with Crippen LogP contribution < -0.4 is 5.32 Å². The van der Waals surface area contributed by atoms with Gasteiger partial charge in [-0.3, -0.25) is 0 Å². The molecule has 70 valence electrons. The number of nitrogens with one attached hydrogen (secondary N) is 1. The minimum Gasteiger partial charge on any atom is -0.374 e. The van der Waals surface area contributed by atoms with Crippen molar-refractivity contribution in [2.45, 2.75) is 30.9 Å². The largest absolute Gasteiger partial charge is 0.374 e. The molecule has 2 unspecified atom stereocenters. The molecule has 2 atom stereocenters. The van der Waals surface area contributed by atoms with Crippen molar-refractivity contribution >= 4 is 11.8 Å². The lowest BCUT2D eigenvalue weighted by molar-refractivity contribution is -0.0692. The van der Waals surface area contributed by atoms with Gasteiger partial charge in [-0.15, -0.1) is 0 Å². The minimum absolute atomic E-state index is 0.247. The molecule has 0 aliphatic carbocycles. The summed E-state index contributed by atoms with van der Waals surface area (Å²) in [6, 6.07) is 0.692. The quantitative estimate of drug-likeness (QED) is 0.668. The van der Waals surface area contributed by atoms with Gasteiger partial charge in [0.2, 0.25) is 0 Å². The topological polar surface area (TPSA) is 21.3 Å². The van der Waals surface area contributed by atoms with E-state index in [0.29, 0.717) is 6.04 Å². The molecule has 0 aromatic rings. The third-order valence-corrected chi connectivity index (χ3v) is 4.19. The summed E-state index contributed by atoms with van der Waals surface area (Å²) in [7, 11) is 2.06. The zero-order valence-corrected chi connectivity index (χ0v) is 8.45. The highest BCUT2D eigenvalue weighted by Crippen LogP contribution is 2.37. The summed E-state index contributed by atoms with van der Waals surface area (Å²) in [5.74, 6) is 2.50. The first-order valence-corrected chi connectivity index (χ1v) is 5.89. The van der Waals surface area contributed by atoms with E-state index in [0.717, 1.165) is 6.61 Å². The second kappa shape index (κ2) is 3.56. The van der Waals surface area contributed by atoms with Crippen molar-refractivity contribution < 1.29 is 4.74 Å². The molecule has 0 amide bonds. The molecule has 0 aromatic carbocycles. The Labute approximate surface area is 78.4 Å². The number of hydrogen-bond donors (Lipinski definition) is 1. The molecule has 2 saturated heterocycles. The van der Waals surface area contributed by atoms with E-state index >= 15 is 0 Å². The van der Waals surface area contributed by atoms with E-state index < -0.39 is 0 Å². The fourth-order valence-electron chi connectivity index (χ4n) is 2.14. The van der Waals surface area contributed by atoms with Gasteiger partial charge in [-0.2, -0.15) is 11.8 Å². The number of ether oxygens (including phenoxy) is 1. The highest BCUT2D eigenvalue weighted by molar-refractivity contribution is 7.99. The van der Waals surface area contributed by atoms with Crippen LogP contribution in [0.15, 0.2) is 0 Å². The van der Waals surface area contributed by atoms with Gasteiger partial charge in [0, 0.05) is 18.4 Å². The lowest BCUT2D eigenvalue weighted by atomic mass is 9.90. The van der Waals surface area contributed by atoms with Crippen LogP contribution in [0, 0.1) is 0 Å². The van der Waals surface area contributed by atoms with Crippen molar-refractivity contribution in [1.29, 1.82) is 0 Å². The molecule has 2 heterocycles. The van der Waals surface area contributed by atoms with E-state index in [4.69, 9.17) is 4.74 Å². The molecule has 2 fully saturated rings. The van der Waals surface area contributed by atoms with Gasteiger partial charge in [0.05, 0.1) is 5.60 Å². The van der Waals surface area contributed by atoms with Crippen LogP contribution in [0.4, 0.5) is 0 Å². The molecule has 2 nitrogen and oxygen atoms in total. The molecule has 2 aliphatic rings. The smallest absolute Gasteiger partial charge is 0.0795 e. The summed E-state index contributed by atoms with van der Waals surface area (Å²) in [6.07, 6.45) is 3.66. The monoisotopic (exact) mass is 187 g/mol. The lowest BCUT2D eigenvalue weighted by Crippen LogP contribution is -2.46. The highest BCUT2D eigenvalue weighted by atomic mass is 32.2. The normalized spacial score (nSPS) is 42.2. The molecule has 0 bridgehead atoms. The van der Waals surface area contributed by atoms with Crippen molar-refractivity contribution in [1.82, 2.24) is 5.32 Å². The average Bonchev–Trinajstić information content (AvgIpc) is 2.53. The summed E-state index contributed by atoms with van der Waals surface area (Å²) in [5.41, 5.74) is 0.247. The number of thioether (sulfide) groups is 1. The Kier molecular flexibility index (Phi) is 2.63. The zero-order chi connectivity index (χ0) is 8.44. The summed E-state index contributed by atoms with van der Waals surface area (Å²) < 4.78 is 5.90. The minimum atomic E-state index is 0.247. The summed E-state index contributed by atoms with van der Waals surface area (Å²) in [6.45, 7) is 0.950. The zero-order valence-electron chi connectivity index (χ0n) is 7.64. The van der Waals surface area contributed by atoms with Crippen molar-refractivity contribution in [3.8, 4) is 0 Å². The Morgan fingerprint density at radius 2 is 2.50 bits per heavy atom. The SMILES string of the molecule is CNC1CCOC2(CCSC2)C1. The average molecular weight is 187 g/mol. The highest BCUT2D eigenvalue weighted by Gasteiger charge is 2.39. The second-order valence-electron chi connectivity index (χ2n) is 3.81. The van der Waals surface area contributed by atoms with Crippen LogP contribution >= 0.6 is 11.8 Å². The molecule has 0 radical (unpaired) electrons. The Hall–Kier alpha value is 0.270. The maximum Gasteiger partial charge on any atom is 0.0795 e. The van der Waals surface area contributed by atoms with Crippen LogP contribution in [0.3, 0.4) is 0 Å². The van der Waals surface area contributed by atoms with Crippen LogP contribution in [0.1, 0.15) is 19.3 Å². The number of rotatable bonds is 1. The first kappa shape index (κ1) is 8.85. The molecule has 1 spiro atoms. The molecule has 2 aliphatic heterocycles. The molecule has 0 saturated carbocycles. The Morgan fingerprint density at radius 1 is 1.58 bits per heavy atom. The maximum atomic E-state index is 5.90. The Balaban J connectivity index is 1.97. The lowest BCUT2D eigenvalue weighted by Gasteiger charge is -2.37. The predicted molar refractivity (Wildman–Crippen MR) is 52.7 cm³/mol. The first-order chi connectivity index (χ1) is 5.85. The number of hydrogen-bond acceptors (Lipinski definition) is 3. The molecule has 3 heteroatoms. The van der Waals surface area contributed by atoms with Crippen molar-refractivity contribution in [3.05, 3.63) is 0 Å². The Morgan fingerprint density at radius 3 is 3.17 bits per heavy atom. The standard InChI is InChI=1S/C9H17NOS/c1-10-8-2-4-11-9(6-8)3-5-12-7-9/h8,10H,2-7H2,1H3. The fraction of sp³-hybridized carbons (Fsp3) is 1.00. The molecule has 1 N–H and O–H groups in total. The van der Waals surface area contributed by atoms with Crippen LogP contribution in [0.2, 0.25) is 0 Å². The summed E-state index contributed by atoms with van der Waals surface area (Å²) in [5, 5.41) is 3.37. The van der Waals surface area contributed by atoms with Gasteiger partial charge < -0.3 is 10.1 Å². The van der Waals surface area contributed by atoms with Gasteiger partial charge in [-0.05, 0) is 32.1 Å². The van der Waals surface area contributed by atoms with E-state index in [1.807, 2.05) is 11.8 Å². The van der Waals surface area contributed by atoms with E-state index in [-0.39, 0.29) is 5.60 Å². The van der Waals surface area contributed by atoms with Crippen molar-refractivity contribution in [3.63, 3.8) is 0 Å².